The summed E-state index contributed by atoms with van der Waals surface area (Å²) in [5.41, 5.74) is 3.51. The Morgan fingerprint density at radius 2 is 1.72 bits per heavy atom. The molecule has 186 valence electrons. The molecule has 2 heterocycles. The molecule has 1 amide bonds. The summed E-state index contributed by atoms with van der Waals surface area (Å²) < 4.78 is 5.90. The maximum Gasteiger partial charge on any atom is 0.295 e. The third-order valence-electron chi connectivity index (χ3n) is 6.35. The first-order valence-electron chi connectivity index (χ1n) is 12.0. The van der Waals surface area contributed by atoms with Gasteiger partial charge < -0.3 is 19.6 Å². The average Bonchev–Trinajstić information content (AvgIpc) is 3.13. The van der Waals surface area contributed by atoms with Crippen LogP contribution < -0.4 is 4.74 Å². The molecule has 1 aliphatic rings. The van der Waals surface area contributed by atoms with Gasteiger partial charge in [0.25, 0.3) is 11.7 Å². The van der Waals surface area contributed by atoms with Crippen LogP contribution in [0, 0.1) is 6.92 Å². The Morgan fingerprint density at radius 3 is 2.39 bits per heavy atom. The van der Waals surface area contributed by atoms with E-state index in [0.717, 1.165) is 23.2 Å². The first kappa shape index (κ1) is 25.1. The molecule has 0 aliphatic carbocycles. The number of benzene rings is 2. The van der Waals surface area contributed by atoms with Gasteiger partial charge in [-0.2, -0.15) is 0 Å². The van der Waals surface area contributed by atoms with E-state index in [9.17, 15) is 14.7 Å². The molecule has 0 unspecified atom stereocenters. The summed E-state index contributed by atoms with van der Waals surface area (Å²) in [6.07, 6.45) is 3.94. The van der Waals surface area contributed by atoms with Gasteiger partial charge in [0, 0.05) is 24.5 Å². The molecule has 1 atom stereocenters. The van der Waals surface area contributed by atoms with E-state index in [1.807, 2.05) is 50.2 Å². The van der Waals surface area contributed by atoms with Crippen LogP contribution in [0.1, 0.15) is 34.7 Å². The summed E-state index contributed by atoms with van der Waals surface area (Å²) in [6.45, 7) is 3.64. The highest BCUT2D eigenvalue weighted by atomic mass is 16.5. The van der Waals surface area contributed by atoms with Crippen molar-refractivity contribution < 1.29 is 19.4 Å². The number of carbonyl (C=O) groups excluding carboxylic acids is 2. The summed E-state index contributed by atoms with van der Waals surface area (Å²) in [6, 6.07) is 17.8. The Labute approximate surface area is 211 Å². The number of ketones is 1. The fourth-order valence-corrected chi connectivity index (χ4v) is 4.36. The largest absolute Gasteiger partial charge is 0.507 e. The zero-order valence-electron chi connectivity index (χ0n) is 20.8. The Balaban J connectivity index is 1.61. The number of rotatable bonds is 9. The minimum Gasteiger partial charge on any atom is -0.507 e. The second-order valence-corrected chi connectivity index (χ2v) is 9.17. The highest BCUT2D eigenvalue weighted by Crippen LogP contribution is 2.39. The van der Waals surface area contributed by atoms with E-state index >= 15 is 0 Å². The fraction of sp³-hybridized carbons (Fsp3) is 0.276. The van der Waals surface area contributed by atoms with Gasteiger partial charge in [-0.15, -0.1) is 0 Å². The molecule has 2 aromatic carbocycles. The predicted octanol–water partition coefficient (Wildman–Crippen LogP) is 4.34. The Kier molecular flexibility index (Phi) is 7.80. The molecule has 1 aliphatic heterocycles. The van der Waals surface area contributed by atoms with Crippen LogP contribution in [0.3, 0.4) is 0 Å². The fourth-order valence-electron chi connectivity index (χ4n) is 4.36. The number of aliphatic hydroxyl groups excluding tert-OH is 1. The molecule has 1 fully saturated rings. The first-order valence-corrected chi connectivity index (χ1v) is 12.0. The van der Waals surface area contributed by atoms with E-state index in [0.29, 0.717) is 30.9 Å². The number of aliphatic hydroxyl groups is 1. The second-order valence-electron chi connectivity index (χ2n) is 9.17. The van der Waals surface area contributed by atoms with E-state index in [-0.39, 0.29) is 11.3 Å². The normalized spacial score (nSPS) is 17.1. The predicted molar refractivity (Wildman–Crippen MR) is 138 cm³/mol. The Bertz CT molecular complexity index is 1250. The van der Waals surface area contributed by atoms with E-state index in [1.165, 1.54) is 0 Å². The lowest BCUT2D eigenvalue weighted by Gasteiger charge is -2.25. The van der Waals surface area contributed by atoms with Gasteiger partial charge in [0.2, 0.25) is 0 Å². The van der Waals surface area contributed by atoms with Crippen molar-refractivity contribution in [3.05, 3.63) is 101 Å². The van der Waals surface area contributed by atoms with Crippen molar-refractivity contribution in [1.29, 1.82) is 0 Å². The van der Waals surface area contributed by atoms with E-state index in [2.05, 4.69) is 4.98 Å². The van der Waals surface area contributed by atoms with E-state index in [4.69, 9.17) is 4.74 Å². The number of nitrogens with zero attached hydrogens (tertiary/aromatic N) is 3. The van der Waals surface area contributed by atoms with Crippen LogP contribution >= 0.6 is 0 Å². The first-order chi connectivity index (χ1) is 17.4. The third kappa shape index (κ3) is 5.47. The molecule has 0 bridgehead atoms. The smallest absolute Gasteiger partial charge is 0.295 e. The molecule has 4 rings (SSSR count). The molecular formula is C29H31N3O4. The van der Waals surface area contributed by atoms with Gasteiger partial charge in [0.05, 0.1) is 11.6 Å². The van der Waals surface area contributed by atoms with E-state index < -0.39 is 17.7 Å². The van der Waals surface area contributed by atoms with Crippen molar-refractivity contribution in [1.82, 2.24) is 14.8 Å². The van der Waals surface area contributed by atoms with Gasteiger partial charge in [-0.25, -0.2) is 0 Å². The van der Waals surface area contributed by atoms with E-state index in [1.54, 1.807) is 53.7 Å². The molecule has 1 N–H and O–H groups in total. The van der Waals surface area contributed by atoms with Gasteiger partial charge in [0.15, 0.2) is 0 Å². The van der Waals surface area contributed by atoms with Crippen LogP contribution in [0.2, 0.25) is 0 Å². The lowest BCUT2D eigenvalue weighted by atomic mass is 9.96. The number of aryl methyl sites for hydroxylation is 1. The van der Waals surface area contributed by atoms with Crippen molar-refractivity contribution in [2.45, 2.75) is 26.0 Å². The van der Waals surface area contributed by atoms with Gasteiger partial charge in [-0.05, 0) is 87.1 Å². The third-order valence-corrected chi connectivity index (χ3v) is 6.35. The number of aromatic nitrogens is 1. The number of Topliss-reactive ketones (excluding diaryl/α,β-unsaturated/α-hetero) is 1. The molecule has 0 spiro atoms. The number of carbonyl (C=O) groups is 2. The molecule has 1 saturated heterocycles. The summed E-state index contributed by atoms with van der Waals surface area (Å²) in [7, 11) is 3.92. The molecule has 7 nitrogen and oxygen atoms in total. The van der Waals surface area contributed by atoms with Crippen molar-refractivity contribution >= 4 is 17.4 Å². The number of ether oxygens (including phenoxy) is 1. The minimum atomic E-state index is -0.681. The van der Waals surface area contributed by atoms with Crippen molar-refractivity contribution in [3.63, 3.8) is 0 Å². The van der Waals surface area contributed by atoms with Crippen molar-refractivity contribution in [2.24, 2.45) is 0 Å². The molecule has 0 radical (unpaired) electrons. The molecule has 36 heavy (non-hydrogen) atoms. The number of hydrogen-bond donors (Lipinski definition) is 1. The molecule has 3 aromatic rings. The van der Waals surface area contributed by atoms with Crippen LogP contribution in [0.15, 0.2) is 78.6 Å². The molecule has 1 aromatic heterocycles. The number of amides is 1. The molecular weight excluding hydrogens is 454 g/mol. The summed E-state index contributed by atoms with van der Waals surface area (Å²) in [5, 5.41) is 11.2. The summed E-state index contributed by atoms with van der Waals surface area (Å²) in [5.74, 6) is -0.838. The SMILES string of the molecule is Cc1ccccc1COc1ccc(/C(O)=C2\C(=O)C(=O)N(CCCN(C)C)[C@@H]2c2ccncc2)cc1. The topological polar surface area (TPSA) is 83.0 Å². The van der Waals surface area contributed by atoms with Gasteiger partial charge in [-0.3, -0.25) is 14.6 Å². The number of hydrogen-bond acceptors (Lipinski definition) is 6. The lowest BCUT2D eigenvalue weighted by Crippen LogP contribution is -2.32. The monoisotopic (exact) mass is 485 g/mol. The molecule has 0 saturated carbocycles. The second kappa shape index (κ2) is 11.2. The highest BCUT2D eigenvalue weighted by molar-refractivity contribution is 6.46. The van der Waals surface area contributed by atoms with Crippen molar-refractivity contribution in [2.75, 3.05) is 27.2 Å². The van der Waals surface area contributed by atoms with Crippen LogP contribution in [0.4, 0.5) is 0 Å². The van der Waals surface area contributed by atoms with Crippen LogP contribution in [-0.4, -0.2) is 58.8 Å². The van der Waals surface area contributed by atoms with Crippen LogP contribution in [0.5, 0.6) is 5.75 Å². The highest BCUT2D eigenvalue weighted by Gasteiger charge is 2.45. The number of likely N-dealkylation sites (tertiary alicyclic amines) is 1. The van der Waals surface area contributed by atoms with Crippen molar-refractivity contribution in [3.8, 4) is 5.75 Å². The minimum absolute atomic E-state index is 0.0876. The summed E-state index contributed by atoms with van der Waals surface area (Å²) >= 11 is 0. The summed E-state index contributed by atoms with van der Waals surface area (Å²) in [4.78, 5) is 33.7. The van der Waals surface area contributed by atoms with Gasteiger partial charge in [-0.1, -0.05) is 24.3 Å². The number of pyridine rings is 1. The van der Waals surface area contributed by atoms with Gasteiger partial charge in [0.1, 0.15) is 18.1 Å². The zero-order valence-corrected chi connectivity index (χ0v) is 20.8. The quantitative estimate of drug-likeness (QED) is 0.276. The average molecular weight is 486 g/mol. The Hall–Kier alpha value is -3.97. The standard InChI is InChI=1S/C29H31N3O4/c1-20-7-4-5-8-23(20)19-36-24-11-9-22(10-12-24)27(33)25-26(21-13-15-30-16-14-21)32(29(35)28(25)34)18-6-17-31(2)3/h4-5,7-16,26,33H,6,17-19H2,1-3H3/b27-25+/t26-/m1/s1. The van der Waals surface area contributed by atoms with Crippen LogP contribution in [-0.2, 0) is 16.2 Å². The van der Waals surface area contributed by atoms with Crippen LogP contribution in [0.25, 0.3) is 5.76 Å². The van der Waals surface area contributed by atoms with Gasteiger partial charge >= 0.3 is 0 Å². The maximum atomic E-state index is 13.1. The lowest BCUT2D eigenvalue weighted by molar-refractivity contribution is -0.139. The maximum absolute atomic E-state index is 13.1. The Morgan fingerprint density at radius 1 is 1.03 bits per heavy atom. The molecule has 7 heteroatoms. The zero-order chi connectivity index (χ0) is 25.7.